The maximum absolute atomic E-state index is 2.99. The summed E-state index contributed by atoms with van der Waals surface area (Å²) in [4.78, 5) is 0. The SMILES string of the molecule is C[Si](C)(C)N([Si][Si][Si][Si]N([Si](C)(C)C)[Si](C)(C)C)[Si](C)(C)C. The van der Waals surface area contributed by atoms with Crippen LogP contribution in [-0.2, 0) is 0 Å². The van der Waals surface area contributed by atoms with E-state index in [2.05, 4.69) is 86.4 Å². The first kappa shape index (κ1) is 23.7. The van der Waals surface area contributed by atoms with Gasteiger partial charge in [0.2, 0.25) is 0 Å². The van der Waals surface area contributed by atoms with Crippen LogP contribution in [-0.4, -0.2) is 76.2 Å². The second-order valence-electron chi connectivity index (χ2n) is 9.83. The quantitative estimate of drug-likeness (QED) is 0.407. The lowest BCUT2D eigenvalue weighted by Crippen LogP contribution is -2.64. The van der Waals surface area contributed by atoms with Crippen molar-refractivity contribution in [1.82, 2.24) is 7.79 Å². The molecule has 0 aliphatic carbocycles. The van der Waals surface area contributed by atoms with Gasteiger partial charge in [-0.15, -0.1) is 0 Å². The molecule has 0 aromatic heterocycles. The molecule has 0 aromatic rings. The smallest absolute Gasteiger partial charge is 0.105 e. The van der Waals surface area contributed by atoms with E-state index in [9.17, 15) is 0 Å². The molecule has 0 N–H and O–H groups in total. The highest BCUT2D eigenvalue weighted by Gasteiger charge is 2.35. The van der Waals surface area contributed by atoms with Crippen molar-refractivity contribution >= 4 is 68.4 Å². The predicted octanol–water partition coefficient (Wildman–Crippen LogP) is 3.32. The van der Waals surface area contributed by atoms with Gasteiger partial charge >= 0.3 is 0 Å². The summed E-state index contributed by atoms with van der Waals surface area (Å²) in [6.07, 6.45) is 0. The monoisotopic (exact) mass is 432 g/mol. The van der Waals surface area contributed by atoms with Crippen molar-refractivity contribution in [2.24, 2.45) is 0 Å². The Labute approximate surface area is 154 Å². The minimum Gasteiger partial charge on any atom is -0.373 e. The van der Waals surface area contributed by atoms with Gasteiger partial charge in [0.25, 0.3) is 0 Å². The van der Waals surface area contributed by atoms with Crippen molar-refractivity contribution in [3.63, 3.8) is 0 Å². The molecule has 126 valence electrons. The van der Waals surface area contributed by atoms with Gasteiger partial charge in [0, 0.05) is 17.1 Å². The second kappa shape index (κ2) is 8.36. The normalized spacial score (nSPS) is 15.0. The van der Waals surface area contributed by atoms with E-state index in [-0.39, 0.29) is 0 Å². The average molecular weight is 433 g/mol. The van der Waals surface area contributed by atoms with Gasteiger partial charge in [-0.3, -0.25) is 0 Å². The second-order valence-corrected chi connectivity index (χ2v) is 40.8. The Morgan fingerprint density at radius 1 is 0.409 bits per heavy atom. The molecular weight excluding hydrogens is 397 g/mol. The maximum atomic E-state index is 2.99. The Morgan fingerprint density at radius 2 is 0.591 bits per heavy atom. The summed E-state index contributed by atoms with van der Waals surface area (Å²) in [6.45, 7) is 30.4. The highest BCUT2D eigenvalue weighted by atomic mass is 29.7. The molecule has 0 saturated carbocycles. The van der Waals surface area contributed by atoms with Crippen LogP contribution in [0.25, 0.3) is 0 Å². The van der Waals surface area contributed by atoms with Crippen molar-refractivity contribution in [1.29, 1.82) is 0 Å². The van der Waals surface area contributed by atoms with Crippen molar-refractivity contribution < 1.29 is 0 Å². The number of rotatable bonds is 9. The van der Waals surface area contributed by atoms with E-state index in [0.717, 1.165) is 18.4 Å². The molecule has 0 spiro atoms. The van der Waals surface area contributed by atoms with Gasteiger partial charge in [-0.25, -0.2) is 0 Å². The Balaban J connectivity index is 4.63. The van der Waals surface area contributed by atoms with Gasteiger partial charge < -0.3 is 7.79 Å². The molecule has 0 aromatic carbocycles. The van der Waals surface area contributed by atoms with Crippen LogP contribution in [0.3, 0.4) is 0 Å². The zero-order valence-corrected chi connectivity index (χ0v) is 24.9. The van der Waals surface area contributed by atoms with E-state index >= 15 is 0 Å². The first-order chi connectivity index (χ1) is 9.47. The molecule has 22 heavy (non-hydrogen) atoms. The highest BCUT2D eigenvalue weighted by Crippen LogP contribution is 2.19. The summed E-state index contributed by atoms with van der Waals surface area (Å²) in [5.74, 6) is 0. The maximum Gasteiger partial charge on any atom is 0.105 e. The molecule has 0 bridgehead atoms. The van der Waals surface area contributed by atoms with Crippen LogP contribution in [0.15, 0.2) is 0 Å². The lowest BCUT2D eigenvalue weighted by atomic mass is 11.8. The molecule has 0 aliphatic rings. The molecule has 0 aliphatic heterocycles. The van der Waals surface area contributed by atoms with Crippen LogP contribution in [0.1, 0.15) is 0 Å². The van der Waals surface area contributed by atoms with Crippen molar-refractivity contribution in [2.45, 2.75) is 78.6 Å². The summed E-state index contributed by atoms with van der Waals surface area (Å²) < 4.78 is 5.98. The Hall–Kier alpha value is 1.66. The van der Waals surface area contributed by atoms with Crippen LogP contribution < -0.4 is 0 Å². The van der Waals surface area contributed by atoms with E-state index in [1.807, 2.05) is 0 Å². The van der Waals surface area contributed by atoms with Crippen LogP contribution in [0.2, 0.25) is 78.6 Å². The van der Waals surface area contributed by atoms with Crippen LogP contribution in [0.4, 0.5) is 0 Å². The summed E-state index contributed by atoms with van der Waals surface area (Å²) in [7, 11) is -0.0331. The Kier molecular flexibility index (Phi) is 8.99. The molecule has 10 heteroatoms. The van der Waals surface area contributed by atoms with Crippen molar-refractivity contribution in [3.05, 3.63) is 0 Å². The molecule has 2 nitrogen and oxygen atoms in total. The van der Waals surface area contributed by atoms with E-state index < -0.39 is 32.9 Å². The topological polar surface area (TPSA) is 6.48 Å². The fourth-order valence-electron chi connectivity index (χ4n) is 2.85. The molecule has 0 unspecified atom stereocenters. The molecule has 0 saturated heterocycles. The first-order valence-electron chi connectivity index (χ1n) is 8.09. The third-order valence-corrected chi connectivity index (χ3v) is 38.3. The average Bonchev–Trinajstić information content (AvgIpc) is 2.14. The first-order valence-corrected chi connectivity index (χ1v) is 28.8. The van der Waals surface area contributed by atoms with E-state index in [4.69, 9.17) is 0 Å². The number of hydrogen-bond donors (Lipinski definition) is 0. The third-order valence-electron chi connectivity index (χ3n) is 3.08. The predicted molar refractivity (Wildman–Crippen MR) is 120 cm³/mol. The van der Waals surface area contributed by atoms with Gasteiger partial charge in [-0.05, 0) is 0 Å². The molecule has 0 fully saturated rings. The van der Waals surface area contributed by atoms with E-state index in [1.54, 1.807) is 0 Å². The van der Waals surface area contributed by atoms with E-state index in [1.165, 1.54) is 17.1 Å². The highest BCUT2D eigenvalue weighted by molar-refractivity contribution is 7.46. The van der Waals surface area contributed by atoms with Gasteiger partial charge in [0.05, 0.1) is 0 Å². The summed E-state index contributed by atoms with van der Waals surface area (Å²) in [6, 6.07) is 0. The fourth-order valence-corrected chi connectivity index (χ4v) is 49.8. The molecule has 0 rings (SSSR count). The largest absolute Gasteiger partial charge is 0.373 e. The van der Waals surface area contributed by atoms with Crippen LogP contribution in [0.5, 0.6) is 0 Å². The standard InChI is InChI=1S/C12H36N2Si8/c1-19(2,3)13(20(4,5)6)15-17-18-16-14(21(7,8)9)22(10,11)12/h1-12H3. The summed E-state index contributed by atoms with van der Waals surface area (Å²) in [5, 5.41) is 0. The zero-order chi connectivity index (χ0) is 18.0. The van der Waals surface area contributed by atoms with Crippen molar-refractivity contribution in [2.75, 3.05) is 0 Å². The van der Waals surface area contributed by atoms with Crippen LogP contribution in [0, 0.1) is 0 Å². The lowest BCUT2D eigenvalue weighted by molar-refractivity contribution is 0.964. The molecular formula is C12H36N2Si8. The number of nitrogens with zero attached hydrogens (tertiary/aromatic N) is 2. The molecule has 0 amide bonds. The minimum atomic E-state index is -1.15. The molecule has 8 radical (unpaired) electrons. The zero-order valence-electron chi connectivity index (χ0n) is 16.9. The molecule has 0 atom stereocenters. The fraction of sp³-hybridized carbons (Fsp3) is 1.00. The number of hydrogen-bond acceptors (Lipinski definition) is 2. The van der Waals surface area contributed by atoms with Gasteiger partial charge in [-0.2, -0.15) is 0 Å². The summed E-state index contributed by atoms with van der Waals surface area (Å²) in [5.41, 5.74) is 0. The van der Waals surface area contributed by atoms with Gasteiger partial charge in [0.1, 0.15) is 51.3 Å². The lowest BCUT2D eigenvalue weighted by Gasteiger charge is -2.45. The van der Waals surface area contributed by atoms with Gasteiger partial charge in [-0.1, -0.05) is 78.6 Å². The third kappa shape index (κ3) is 8.66. The van der Waals surface area contributed by atoms with E-state index in [0.29, 0.717) is 0 Å². The van der Waals surface area contributed by atoms with Crippen LogP contribution >= 0.6 is 0 Å². The Bertz CT molecular complexity index is 275. The Morgan fingerprint density at radius 3 is 0.727 bits per heavy atom. The van der Waals surface area contributed by atoms with Gasteiger partial charge in [0.15, 0.2) is 0 Å². The van der Waals surface area contributed by atoms with Crippen molar-refractivity contribution in [3.8, 4) is 0 Å². The molecule has 0 heterocycles. The minimum absolute atomic E-state index is 1.10. The summed E-state index contributed by atoms with van der Waals surface area (Å²) >= 11 is 0.